The van der Waals surface area contributed by atoms with Gasteiger partial charge < -0.3 is 15.0 Å². The standard InChI is InChI=1S/C13H19N3O2/c1-3-11-9-18-7-6-16(11)13(17)10-4-5-15-12(8-10)14-2/h4-5,8,11H,3,6-7,9H2,1-2H3,(H,14,15). The fourth-order valence-electron chi connectivity index (χ4n) is 2.13. The molecule has 1 amide bonds. The molecule has 1 aliphatic heterocycles. The Morgan fingerprint density at radius 1 is 1.67 bits per heavy atom. The molecule has 2 heterocycles. The van der Waals surface area contributed by atoms with Crippen LogP contribution < -0.4 is 5.32 Å². The number of pyridine rings is 1. The zero-order chi connectivity index (χ0) is 13.0. The number of anilines is 1. The minimum Gasteiger partial charge on any atom is -0.377 e. The van der Waals surface area contributed by atoms with Crippen LogP contribution in [0.5, 0.6) is 0 Å². The summed E-state index contributed by atoms with van der Waals surface area (Å²) in [5.74, 6) is 0.770. The van der Waals surface area contributed by atoms with Crippen LogP contribution in [0.4, 0.5) is 5.82 Å². The molecule has 0 spiro atoms. The summed E-state index contributed by atoms with van der Waals surface area (Å²) < 4.78 is 5.42. The van der Waals surface area contributed by atoms with E-state index in [2.05, 4.69) is 17.2 Å². The minimum atomic E-state index is 0.0593. The van der Waals surface area contributed by atoms with Gasteiger partial charge in [0, 0.05) is 25.4 Å². The van der Waals surface area contributed by atoms with E-state index in [9.17, 15) is 4.79 Å². The normalized spacial score (nSPS) is 19.7. The zero-order valence-corrected chi connectivity index (χ0v) is 10.8. The van der Waals surface area contributed by atoms with Crippen LogP contribution in [0, 0.1) is 0 Å². The second-order valence-electron chi connectivity index (χ2n) is 4.32. The first-order valence-corrected chi connectivity index (χ1v) is 6.28. The van der Waals surface area contributed by atoms with Crippen LogP contribution in [-0.4, -0.2) is 48.6 Å². The first kappa shape index (κ1) is 12.8. The van der Waals surface area contributed by atoms with E-state index >= 15 is 0 Å². The van der Waals surface area contributed by atoms with Gasteiger partial charge in [0.15, 0.2) is 0 Å². The number of aromatic nitrogens is 1. The van der Waals surface area contributed by atoms with Gasteiger partial charge in [-0.2, -0.15) is 0 Å². The molecular weight excluding hydrogens is 230 g/mol. The summed E-state index contributed by atoms with van der Waals surface area (Å²) in [5.41, 5.74) is 0.676. The number of hydrogen-bond donors (Lipinski definition) is 1. The van der Waals surface area contributed by atoms with Gasteiger partial charge in [-0.15, -0.1) is 0 Å². The number of nitrogens with zero attached hydrogens (tertiary/aromatic N) is 2. The third-order valence-electron chi connectivity index (χ3n) is 3.22. The molecule has 0 radical (unpaired) electrons. The maximum Gasteiger partial charge on any atom is 0.254 e. The Kier molecular flexibility index (Phi) is 4.15. The SMILES string of the molecule is CCC1COCCN1C(=O)c1ccnc(NC)c1. The van der Waals surface area contributed by atoms with Crippen LogP contribution in [-0.2, 0) is 4.74 Å². The highest BCUT2D eigenvalue weighted by Gasteiger charge is 2.26. The molecule has 1 saturated heterocycles. The topological polar surface area (TPSA) is 54.5 Å². The third-order valence-corrected chi connectivity index (χ3v) is 3.22. The van der Waals surface area contributed by atoms with E-state index < -0.39 is 0 Å². The lowest BCUT2D eigenvalue weighted by atomic mass is 10.1. The lowest BCUT2D eigenvalue weighted by Gasteiger charge is -2.35. The van der Waals surface area contributed by atoms with Crippen molar-refractivity contribution >= 4 is 11.7 Å². The summed E-state index contributed by atoms with van der Waals surface area (Å²) in [4.78, 5) is 18.5. The molecule has 0 aliphatic carbocycles. The summed E-state index contributed by atoms with van der Waals surface area (Å²) in [6.07, 6.45) is 2.57. The molecule has 5 nitrogen and oxygen atoms in total. The van der Waals surface area contributed by atoms with Crippen molar-refractivity contribution in [2.24, 2.45) is 0 Å². The van der Waals surface area contributed by atoms with Crippen LogP contribution in [0.2, 0.25) is 0 Å². The number of nitrogens with one attached hydrogen (secondary N) is 1. The molecular formula is C13H19N3O2. The average molecular weight is 249 g/mol. The van der Waals surface area contributed by atoms with E-state index in [1.165, 1.54) is 0 Å². The lowest BCUT2D eigenvalue weighted by Crippen LogP contribution is -2.48. The molecule has 1 aromatic rings. The number of amides is 1. The second kappa shape index (κ2) is 5.82. The molecule has 1 unspecified atom stereocenters. The molecule has 1 aliphatic rings. The third kappa shape index (κ3) is 2.61. The fourth-order valence-corrected chi connectivity index (χ4v) is 2.13. The Balaban J connectivity index is 2.18. The molecule has 1 N–H and O–H groups in total. The van der Waals surface area contributed by atoms with E-state index in [4.69, 9.17) is 4.74 Å². The first-order chi connectivity index (χ1) is 8.76. The Morgan fingerprint density at radius 2 is 2.50 bits per heavy atom. The van der Waals surface area contributed by atoms with Crippen molar-refractivity contribution in [1.29, 1.82) is 0 Å². The lowest BCUT2D eigenvalue weighted by molar-refractivity contribution is -0.00279. The van der Waals surface area contributed by atoms with Crippen LogP contribution in [0.15, 0.2) is 18.3 Å². The number of morpholine rings is 1. The van der Waals surface area contributed by atoms with Crippen LogP contribution in [0.25, 0.3) is 0 Å². The molecule has 1 atom stereocenters. The van der Waals surface area contributed by atoms with E-state index in [0.29, 0.717) is 31.1 Å². The van der Waals surface area contributed by atoms with Gasteiger partial charge in [0.2, 0.25) is 0 Å². The predicted molar refractivity (Wildman–Crippen MR) is 69.7 cm³/mol. The number of carbonyl (C=O) groups is 1. The van der Waals surface area contributed by atoms with Crippen molar-refractivity contribution in [3.63, 3.8) is 0 Å². The molecule has 1 fully saturated rings. The Morgan fingerprint density at radius 3 is 3.22 bits per heavy atom. The highest BCUT2D eigenvalue weighted by Crippen LogP contribution is 2.16. The van der Waals surface area contributed by atoms with Gasteiger partial charge in [0.1, 0.15) is 5.82 Å². The smallest absolute Gasteiger partial charge is 0.254 e. The number of ether oxygens (including phenoxy) is 1. The summed E-state index contributed by atoms with van der Waals surface area (Å²) in [5, 5.41) is 2.94. The quantitative estimate of drug-likeness (QED) is 0.879. The largest absolute Gasteiger partial charge is 0.377 e. The molecule has 18 heavy (non-hydrogen) atoms. The van der Waals surface area contributed by atoms with E-state index in [1.54, 1.807) is 25.4 Å². The predicted octanol–water partition coefficient (Wildman–Crippen LogP) is 1.37. The van der Waals surface area contributed by atoms with Gasteiger partial charge in [-0.3, -0.25) is 4.79 Å². The van der Waals surface area contributed by atoms with Crippen molar-refractivity contribution in [2.45, 2.75) is 19.4 Å². The van der Waals surface area contributed by atoms with E-state index in [0.717, 1.165) is 6.42 Å². The molecule has 2 rings (SSSR count). The van der Waals surface area contributed by atoms with Crippen LogP contribution in [0.3, 0.4) is 0 Å². The van der Waals surface area contributed by atoms with Gasteiger partial charge in [0.25, 0.3) is 5.91 Å². The van der Waals surface area contributed by atoms with Crippen molar-refractivity contribution < 1.29 is 9.53 Å². The Hall–Kier alpha value is -1.62. The first-order valence-electron chi connectivity index (χ1n) is 6.28. The van der Waals surface area contributed by atoms with E-state index in [-0.39, 0.29) is 11.9 Å². The van der Waals surface area contributed by atoms with Gasteiger partial charge in [-0.25, -0.2) is 4.98 Å². The van der Waals surface area contributed by atoms with Gasteiger partial charge in [-0.05, 0) is 18.6 Å². The molecule has 0 saturated carbocycles. The van der Waals surface area contributed by atoms with Crippen molar-refractivity contribution in [1.82, 2.24) is 9.88 Å². The van der Waals surface area contributed by atoms with Crippen LogP contribution >= 0.6 is 0 Å². The zero-order valence-electron chi connectivity index (χ0n) is 10.8. The summed E-state index contributed by atoms with van der Waals surface area (Å²) in [6, 6.07) is 3.72. The monoisotopic (exact) mass is 249 g/mol. The number of rotatable bonds is 3. The highest BCUT2D eigenvalue weighted by atomic mass is 16.5. The minimum absolute atomic E-state index is 0.0593. The van der Waals surface area contributed by atoms with Crippen molar-refractivity contribution in [2.75, 3.05) is 32.1 Å². The molecule has 5 heteroatoms. The van der Waals surface area contributed by atoms with Gasteiger partial charge in [-0.1, -0.05) is 6.92 Å². The summed E-state index contributed by atoms with van der Waals surface area (Å²) in [6.45, 7) is 3.98. The van der Waals surface area contributed by atoms with Crippen LogP contribution in [0.1, 0.15) is 23.7 Å². The summed E-state index contributed by atoms with van der Waals surface area (Å²) in [7, 11) is 1.79. The number of hydrogen-bond acceptors (Lipinski definition) is 4. The fraction of sp³-hybridized carbons (Fsp3) is 0.538. The van der Waals surface area contributed by atoms with Gasteiger partial charge >= 0.3 is 0 Å². The summed E-state index contributed by atoms with van der Waals surface area (Å²) >= 11 is 0. The molecule has 98 valence electrons. The molecule has 0 aromatic carbocycles. The van der Waals surface area contributed by atoms with Gasteiger partial charge in [0.05, 0.1) is 19.3 Å². The Bertz CT molecular complexity index is 422. The molecule has 0 bridgehead atoms. The average Bonchev–Trinajstić information content (AvgIpc) is 2.46. The maximum atomic E-state index is 12.5. The van der Waals surface area contributed by atoms with Crippen molar-refractivity contribution in [3.8, 4) is 0 Å². The maximum absolute atomic E-state index is 12.5. The Labute approximate surface area is 107 Å². The second-order valence-corrected chi connectivity index (χ2v) is 4.32. The highest BCUT2D eigenvalue weighted by molar-refractivity contribution is 5.95. The van der Waals surface area contributed by atoms with Crippen molar-refractivity contribution in [3.05, 3.63) is 23.9 Å². The van der Waals surface area contributed by atoms with E-state index in [1.807, 2.05) is 4.90 Å². The molecule has 1 aromatic heterocycles. The number of carbonyl (C=O) groups excluding carboxylic acids is 1.